The summed E-state index contributed by atoms with van der Waals surface area (Å²) < 4.78 is 14.1. The van der Waals surface area contributed by atoms with Crippen molar-refractivity contribution in [2.24, 2.45) is 0 Å². The number of nitrogens with zero attached hydrogens (tertiary/aromatic N) is 1. The fraction of sp³-hybridized carbons (Fsp3) is 0.0435. The van der Waals surface area contributed by atoms with Crippen molar-refractivity contribution in [3.63, 3.8) is 0 Å². The maximum absolute atomic E-state index is 14.1. The van der Waals surface area contributed by atoms with Crippen LogP contribution in [0.4, 0.5) is 21.5 Å². The second-order valence-corrected chi connectivity index (χ2v) is 19.4. The Morgan fingerprint density at radius 1 is 0.338 bits per heavy atom. The van der Waals surface area contributed by atoms with Crippen LogP contribution in [-0.2, 0) is 5.41 Å². The molecule has 0 heterocycles. The summed E-state index contributed by atoms with van der Waals surface area (Å²) in [7, 11) is 0. The van der Waals surface area contributed by atoms with Crippen molar-refractivity contribution >= 4 is 72.3 Å². The molecule has 13 rings (SSSR count). The molecule has 0 aromatic heterocycles. The van der Waals surface area contributed by atoms with E-state index in [-0.39, 0.29) is 11.2 Å². The second kappa shape index (κ2) is 17.0. The lowest BCUT2D eigenvalue weighted by molar-refractivity contribution is 0.628. The van der Waals surface area contributed by atoms with Crippen LogP contribution in [0, 0.1) is 5.82 Å². The standard InChI is InChI=1S/C69H48FN/c1-69(2)65-42-46(25-24-45-26-33-52(34-27-45)71(53-36-31-51(70)32-37-53)54-35-29-47-14-6-7-17-49(47)43-54)28-38-58(65)59-39-30-50(44-66(59)69)67-60-20-10-12-22-62(60)68(63-23-13-11-21-61(63)67)64-41-40-55(48-15-4-3-5-16-48)56-18-8-9-19-57(56)64/h3-44H,1-2H3/b25-24+. The molecule has 0 aliphatic heterocycles. The van der Waals surface area contributed by atoms with Gasteiger partial charge in [-0.05, 0) is 164 Å². The predicted octanol–water partition coefficient (Wildman–Crippen LogP) is 19.4. The van der Waals surface area contributed by atoms with Gasteiger partial charge in [0, 0.05) is 22.5 Å². The van der Waals surface area contributed by atoms with Crippen molar-refractivity contribution in [1.82, 2.24) is 0 Å². The first-order chi connectivity index (χ1) is 34.9. The van der Waals surface area contributed by atoms with E-state index in [1.165, 1.54) is 105 Å². The van der Waals surface area contributed by atoms with Crippen molar-refractivity contribution in [2.75, 3.05) is 4.90 Å². The largest absolute Gasteiger partial charge is 0.310 e. The topological polar surface area (TPSA) is 3.24 Å². The molecule has 0 atom stereocenters. The minimum atomic E-state index is -0.254. The number of halogens is 1. The fourth-order valence-corrected chi connectivity index (χ4v) is 11.4. The number of rotatable bonds is 8. The molecule has 0 saturated heterocycles. The molecule has 0 saturated carbocycles. The zero-order valence-corrected chi connectivity index (χ0v) is 39.6. The van der Waals surface area contributed by atoms with Gasteiger partial charge in [0.1, 0.15) is 5.82 Å². The normalized spacial score (nSPS) is 12.8. The van der Waals surface area contributed by atoms with E-state index in [1.807, 2.05) is 12.1 Å². The first kappa shape index (κ1) is 42.3. The number of hydrogen-bond donors (Lipinski definition) is 0. The Balaban J connectivity index is 0.840. The van der Waals surface area contributed by atoms with Crippen LogP contribution in [0.1, 0.15) is 36.1 Å². The molecule has 12 aromatic rings. The molecule has 0 radical (unpaired) electrons. The number of anilines is 3. The zero-order chi connectivity index (χ0) is 47.6. The van der Waals surface area contributed by atoms with Crippen molar-refractivity contribution in [1.29, 1.82) is 0 Å². The Morgan fingerprint density at radius 3 is 1.49 bits per heavy atom. The lowest BCUT2D eigenvalue weighted by Crippen LogP contribution is -2.15. The van der Waals surface area contributed by atoms with Gasteiger partial charge in [-0.25, -0.2) is 4.39 Å². The smallest absolute Gasteiger partial charge is 0.123 e. The summed E-state index contributed by atoms with van der Waals surface area (Å²) in [5.41, 5.74) is 17.7. The Morgan fingerprint density at radius 2 is 0.817 bits per heavy atom. The second-order valence-electron chi connectivity index (χ2n) is 19.4. The van der Waals surface area contributed by atoms with Crippen molar-refractivity contribution in [3.8, 4) is 44.5 Å². The Bertz CT molecular complexity index is 4010. The van der Waals surface area contributed by atoms with E-state index < -0.39 is 0 Å². The van der Waals surface area contributed by atoms with Gasteiger partial charge in [0.15, 0.2) is 0 Å². The van der Waals surface area contributed by atoms with Gasteiger partial charge in [-0.1, -0.05) is 214 Å². The van der Waals surface area contributed by atoms with Crippen molar-refractivity contribution < 1.29 is 4.39 Å². The summed E-state index contributed by atoms with van der Waals surface area (Å²) in [5.74, 6) is -0.254. The molecule has 1 nitrogen and oxygen atoms in total. The highest BCUT2D eigenvalue weighted by Gasteiger charge is 2.36. The van der Waals surface area contributed by atoms with Crippen LogP contribution in [0.5, 0.6) is 0 Å². The van der Waals surface area contributed by atoms with E-state index in [1.54, 1.807) is 0 Å². The first-order valence-corrected chi connectivity index (χ1v) is 24.5. The highest BCUT2D eigenvalue weighted by Crippen LogP contribution is 2.52. The Kier molecular flexibility index (Phi) is 10.1. The maximum atomic E-state index is 14.1. The maximum Gasteiger partial charge on any atom is 0.123 e. The quantitative estimate of drug-likeness (QED) is 0.108. The summed E-state index contributed by atoms with van der Waals surface area (Å²) in [6.07, 6.45) is 4.41. The van der Waals surface area contributed by atoms with Crippen molar-refractivity contribution in [3.05, 3.63) is 271 Å². The van der Waals surface area contributed by atoms with Gasteiger partial charge < -0.3 is 4.90 Å². The van der Waals surface area contributed by atoms with Gasteiger partial charge >= 0.3 is 0 Å². The van der Waals surface area contributed by atoms with E-state index in [0.29, 0.717) is 0 Å². The Hall–Kier alpha value is -8.85. The third kappa shape index (κ3) is 7.22. The molecule has 1 aliphatic rings. The minimum absolute atomic E-state index is 0.219. The average Bonchev–Trinajstić information content (AvgIpc) is 3.64. The molecule has 1 aliphatic carbocycles. The van der Waals surface area contributed by atoms with Crippen LogP contribution in [0.2, 0.25) is 0 Å². The molecule has 0 amide bonds. The third-order valence-corrected chi connectivity index (χ3v) is 14.9. The lowest BCUT2D eigenvalue weighted by Gasteiger charge is -2.26. The Labute approximate surface area is 414 Å². The van der Waals surface area contributed by atoms with E-state index >= 15 is 0 Å². The van der Waals surface area contributed by atoms with Gasteiger partial charge in [0.25, 0.3) is 0 Å². The van der Waals surface area contributed by atoms with Crippen LogP contribution < -0.4 is 4.90 Å². The van der Waals surface area contributed by atoms with Crippen LogP contribution >= 0.6 is 0 Å². The summed E-state index contributed by atoms with van der Waals surface area (Å²) >= 11 is 0. The minimum Gasteiger partial charge on any atom is -0.310 e. The van der Waals surface area contributed by atoms with Gasteiger partial charge in [0.2, 0.25) is 0 Å². The molecular weight excluding hydrogens is 862 g/mol. The van der Waals surface area contributed by atoms with E-state index in [0.717, 1.165) is 33.6 Å². The van der Waals surface area contributed by atoms with Crippen LogP contribution in [-0.4, -0.2) is 0 Å². The van der Waals surface area contributed by atoms with Gasteiger partial charge in [-0.15, -0.1) is 0 Å². The number of benzene rings is 12. The van der Waals surface area contributed by atoms with Crippen molar-refractivity contribution in [2.45, 2.75) is 19.3 Å². The van der Waals surface area contributed by atoms with E-state index in [2.05, 4.69) is 249 Å². The highest BCUT2D eigenvalue weighted by atomic mass is 19.1. The SMILES string of the molecule is CC1(C)c2cc(/C=C/c3ccc(N(c4ccc(F)cc4)c4ccc5ccccc5c4)cc3)ccc2-c2ccc(-c3c4ccccc4c(-c4ccc(-c5ccccc5)c5ccccc45)c4ccccc34)cc21. The van der Waals surface area contributed by atoms with Crippen LogP contribution in [0.15, 0.2) is 243 Å². The molecule has 0 fully saturated rings. The molecule has 2 heteroatoms. The molecule has 71 heavy (non-hydrogen) atoms. The summed E-state index contributed by atoms with van der Waals surface area (Å²) in [4.78, 5) is 2.18. The van der Waals surface area contributed by atoms with Gasteiger partial charge in [-0.2, -0.15) is 0 Å². The number of fused-ring (bicyclic) bond motifs is 7. The van der Waals surface area contributed by atoms with Gasteiger partial charge in [-0.3, -0.25) is 0 Å². The molecular formula is C69H48FN. The van der Waals surface area contributed by atoms with Crippen LogP contribution in [0.25, 0.3) is 99.7 Å². The fourth-order valence-electron chi connectivity index (χ4n) is 11.4. The molecule has 0 spiro atoms. The molecule has 0 bridgehead atoms. The van der Waals surface area contributed by atoms with Gasteiger partial charge in [0.05, 0.1) is 0 Å². The lowest BCUT2D eigenvalue weighted by atomic mass is 9.80. The third-order valence-electron chi connectivity index (χ3n) is 14.9. The zero-order valence-electron chi connectivity index (χ0n) is 39.6. The summed E-state index contributed by atoms with van der Waals surface area (Å²) in [6.45, 7) is 4.75. The average molecular weight is 910 g/mol. The molecule has 0 unspecified atom stereocenters. The van der Waals surface area contributed by atoms with E-state index in [4.69, 9.17) is 0 Å². The summed E-state index contributed by atoms with van der Waals surface area (Å²) in [6, 6.07) is 86.5. The molecule has 336 valence electrons. The number of hydrogen-bond acceptors (Lipinski definition) is 1. The highest BCUT2D eigenvalue weighted by molar-refractivity contribution is 6.24. The summed E-state index contributed by atoms with van der Waals surface area (Å²) in [5, 5.41) is 9.85. The molecule has 0 N–H and O–H groups in total. The first-order valence-electron chi connectivity index (χ1n) is 24.5. The monoisotopic (exact) mass is 909 g/mol. The van der Waals surface area contributed by atoms with Crippen LogP contribution in [0.3, 0.4) is 0 Å². The predicted molar refractivity (Wildman–Crippen MR) is 300 cm³/mol. The van der Waals surface area contributed by atoms with E-state index in [9.17, 15) is 4.39 Å². The molecule has 12 aromatic carbocycles.